The fourth-order valence-electron chi connectivity index (χ4n) is 2.42. The highest BCUT2D eigenvalue weighted by atomic mass is 16.4. The Morgan fingerprint density at radius 2 is 2.25 bits per heavy atom. The summed E-state index contributed by atoms with van der Waals surface area (Å²) in [5.74, 6) is -0.666. The number of carbonyl (C=O) groups is 1. The van der Waals surface area contributed by atoms with Gasteiger partial charge in [0.2, 0.25) is 0 Å². The molecule has 4 heteroatoms. The van der Waals surface area contributed by atoms with Crippen molar-refractivity contribution in [3.63, 3.8) is 0 Å². The Balaban J connectivity index is 2.59. The molecular weight excluding hydrogens is 204 g/mol. The first kappa shape index (κ1) is 13.5. The molecule has 1 heterocycles. The van der Waals surface area contributed by atoms with Gasteiger partial charge in [-0.2, -0.15) is 0 Å². The Labute approximate surface area is 98.2 Å². The van der Waals surface area contributed by atoms with Crippen molar-refractivity contribution >= 4 is 5.97 Å². The van der Waals surface area contributed by atoms with Gasteiger partial charge in [-0.1, -0.05) is 13.3 Å². The van der Waals surface area contributed by atoms with Crippen LogP contribution in [0.3, 0.4) is 0 Å². The van der Waals surface area contributed by atoms with E-state index < -0.39 is 5.97 Å². The minimum atomic E-state index is -0.666. The maximum absolute atomic E-state index is 11.2. The molecule has 1 N–H and O–H groups in total. The second kappa shape index (κ2) is 6.21. The molecule has 1 saturated heterocycles. The fraction of sp³-hybridized carbons (Fsp3) is 0.917. The summed E-state index contributed by atoms with van der Waals surface area (Å²) in [5.41, 5.74) is 0. The summed E-state index contributed by atoms with van der Waals surface area (Å²) >= 11 is 0. The molecule has 1 aliphatic heterocycles. The van der Waals surface area contributed by atoms with Crippen molar-refractivity contribution in [2.75, 3.05) is 27.2 Å². The minimum Gasteiger partial charge on any atom is -0.480 e. The number of likely N-dealkylation sites (tertiary alicyclic amines) is 1. The molecule has 4 nitrogen and oxygen atoms in total. The van der Waals surface area contributed by atoms with Crippen LogP contribution >= 0.6 is 0 Å². The van der Waals surface area contributed by atoms with E-state index in [1.54, 1.807) is 0 Å². The van der Waals surface area contributed by atoms with Gasteiger partial charge < -0.3 is 10.0 Å². The molecule has 0 radical (unpaired) electrons. The Kier molecular flexibility index (Phi) is 5.22. The van der Waals surface area contributed by atoms with Gasteiger partial charge in [-0.25, -0.2) is 0 Å². The van der Waals surface area contributed by atoms with Crippen LogP contribution in [-0.4, -0.2) is 60.1 Å². The number of nitrogens with zero attached hydrogens (tertiary/aromatic N) is 2. The number of likely N-dealkylation sites (N-methyl/N-ethyl adjacent to an activating group) is 1. The maximum atomic E-state index is 11.2. The van der Waals surface area contributed by atoms with E-state index in [9.17, 15) is 9.90 Å². The van der Waals surface area contributed by atoms with Crippen LogP contribution in [-0.2, 0) is 4.79 Å². The quantitative estimate of drug-likeness (QED) is 0.769. The third kappa shape index (κ3) is 3.46. The summed E-state index contributed by atoms with van der Waals surface area (Å²) in [6.07, 6.45) is 3.98. The van der Waals surface area contributed by atoms with Crippen molar-refractivity contribution in [3.05, 3.63) is 0 Å². The van der Waals surface area contributed by atoms with E-state index in [0.717, 1.165) is 32.4 Å². The highest BCUT2D eigenvalue weighted by Crippen LogP contribution is 2.18. The molecule has 0 saturated carbocycles. The first-order valence-electron chi connectivity index (χ1n) is 6.19. The largest absolute Gasteiger partial charge is 0.480 e. The molecule has 0 aromatic heterocycles. The van der Waals surface area contributed by atoms with E-state index in [0.29, 0.717) is 6.04 Å². The fourth-order valence-corrected chi connectivity index (χ4v) is 2.42. The Morgan fingerprint density at radius 1 is 1.56 bits per heavy atom. The van der Waals surface area contributed by atoms with E-state index in [2.05, 4.69) is 23.9 Å². The van der Waals surface area contributed by atoms with Crippen molar-refractivity contribution in [2.45, 2.75) is 44.7 Å². The average molecular weight is 228 g/mol. The first-order valence-corrected chi connectivity index (χ1v) is 6.19. The maximum Gasteiger partial charge on any atom is 0.320 e. The zero-order valence-electron chi connectivity index (χ0n) is 10.6. The number of piperidine rings is 1. The predicted octanol–water partition coefficient (Wildman–Crippen LogP) is 1.27. The Bertz CT molecular complexity index is 231. The van der Waals surface area contributed by atoms with Gasteiger partial charge in [0.1, 0.15) is 6.04 Å². The summed E-state index contributed by atoms with van der Waals surface area (Å²) in [5, 5.41) is 9.23. The highest BCUT2D eigenvalue weighted by Gasteiger charge is 2.30. The smallest absolute Gasteiger partial charge is 0.320 e. The summed E-state index contributed by atoms with van der Waals surface area (Å²) in [6.45, 7) is 3.87. The Hall–Kier alpha value is -0.610. The monoisotopic (exact) mass is 228 g/mol. The molecule has 2 unspecified atom stereocenters. The van der Waals surface area contributed by atoms with Crippen LogP contribution in [0.25, 0.3) is 0 Å². The van der Waals surface area contributed by atoms with E-state index in [1.165, 1.54) is 6.42 Å². The molecule has 1 rings (SSSR count). The van der Waals surface area contributed by atoms with E-state index in [-0.39, 0.29) is 6.04 Å². The minimum absolute atomic E-state index is 0.284. The molecule has 0 aliphatic carbocycles. The standard InChI is InChI=1S/C12H24N2O2/c1-4-6-11(12(15)16)14-8-5-7-10(9-14)13(2)3/h10-11H,4-9H2,1-3H3,(H,15,16). The molecule has 0 spiro atoms. The summed E-state index contributed by atoms with van der Waals surface area (Å²) in [7, 11) is 4.15. The van der Waals surface area contributed by atoms with Crippen LogP contribution in [0.15, 0.2) is 0 Å². The van der Waals surface area contributed by atoms with E-state index in [4.69, 9.17) is 0 Å². The molecule has 1 aliphatic rings. The lowest BCUT2D eigenvalue weighted by Gasteiger charge is -2.39. The SMILES string of the molecule is CCCC(C(=O)O)N1CCCC(N(C)C)C1. The lowest BCUT2D eigenvalue weighted by Crippen LogP contribution is -2.51. The van der Waals surface area contributed by atoms with Crippen LogP contribution in [0.5, 0.6) is 0 Å². The third-order valence-corrected chi connectivity index (χ3v) is 3.45. The molecule has 2 atom stereocenters. The molecule has 16 heavy (non-hydrogen) atoms. The van der Waals surface area contributed by atoms with Gasteiger partial charge in [0.05, 0.1) is 0 Å². The molecule has 1 fully saturated rings. The van der Waals surface area contributed by atoms with Crippen LogP contribution in [0, 0.1) is 0 Å². The van der Waals surface area contributed by atoms with E-state index in [1.807, 2.05) is 6.92 Å². The highest BCUT2D eigenvalue weighted by molar-refractivity contribution is 5.73. The lowest BCUT2D eigenvalue weighted by molar-refractivity contribution is -0.144. The second-order valence-corrected chi connectivity index (χ2v) is 4.90. The number of rotatable bonds is 5. The topological polar surface area (TPSA) is 43.8 Å². The lowest BCUT2D eigenvalue weighted by atomic mass is 10.0. The normalized spacial score (nSPS) is 24.6. The van der Waals surface area contributed by atoms with Crippen molar-refractivity contribution in [1.82, 2.24) is 9.80 Å². The van der Waals surface area contributed by atoms with Crippen LogP contribution < -0.4 is 0 Å². The summed E-state index contributed by atoms with van der Waals surface area (Å²) in [4.78, 5) is 15.6. The van der Waals surface area contributed by atoms with Crippen molar-refractivity contribution in [2.24, 2.45) is 0 Å². The first-order chi connectivity index (χ1) is 7.56. The van der Waals surface area contributed by atoms with Gasteiger partial charge in [0.15, 0.2) is 0 Å². The van der Waals surface area contributed by atoms with E-state index >= 15 is 0 Å². The van der Waals surface area contributed by atoms with Crippen molar-refractivity contribution in [1.29, 1.82) is 0 Å². The average Bonchev–Trinajstić information content (AvgIpc) is 2.25. The second-order valence-electron chi connectivity index (χ2n) is 4.90. The third-order valence-electron chi connectivity index (χ3n) is 3.45. The molecule has 0 aromatic rings. The van der Waals surface area contributed by atoms with Gasteiger partial charge in [-0.3, -0.25) is 9.69 Å². The van der Waals surface area contributed by atoms with Crippen LogP contribution in [0.2, 0.25) is 0 Å². The zero-order chi connectivity index (χ0) is 12.1. The molecule has 0 bridgehead atoms. The van der Waals surface area contributed by atoms with Crippen LogP contribution in [0.4, 0.5) is 0 Å². The molecule has 94 valence electrons. The molecular formula is C12H24N2O2. The number of aliphatic carboxylic acids is 1. The number of hydrogen-bond donors (Lipinski definition) is 1. The predicted molar refractivity (Wildman–Crippen MR) is 64.6 cm³/mol. The number of hydrogen-bond acceptors (Lipinski definition) is 3. The number of carboxylic acids is 1. The van der Waals surface area contributed by atoms with Crippen molar-refractivity contribution < 1.29 is 9.90 Å². The summed E-state index contributed by atoms with van der Waals surface area (Å²) < 4.78 is 0. The summed E-state index contributed by atoms with van der Waals surface area (Å²) in [6, 6.07) is 0.222. The Morgan fingerprint density at radius 3 is 2.75 bits per heavy atom. The molecule has 0 aromatic carbocycles. The number of carboxylic acid groups (broad SMARTS) is 1. The van der Waals surface area contributed by atoms with Crippen molar-refractivity contribution in [3.8, 4) is 0 Å². The van der Waals surface area contributed by atoms with Crippen LogP contribution in [0.1, 0.15) is 32.6 Å². The van der Waals surface area contributed by atoms with Gasteiger partial charge in [0, 0.05) is 12.6 Å². The van der Waals surface area contributed by atoms with Gasteiger partial charge in [-0.05, 0) is 39.9 Å². The van der Waals surface area contributed by atoms with Gasteiger partial charge in [-0.15, -0.1) is 0 Å². The molecule has 0 amide bonds. The van der Waals surface area contributed by atoms with Gasteiger partial charge in [0.25, 0.3) is 0 Å². The van der Waals surface area contributed by atoms with Gasteiger partial charge >= 0.3 is 5.97 Å². The zero-order valence-corrected chi connectivity index (χ0v) is 10.6.